The predicted octanol–water partition coefficient (Wildman–Crippen LogP) is 3.06. The summed E-state index contributed by atoms with van der Waals surface area (Å²) in [4.78, 5) is 38.7. The van der Waals surface area contributed by atoms with Gasteiger partial charge >= 0.3 is 0 Å². The molecule has 8 nitrogen and oxygen atoms in total. The van der Waals surface area contributed by atoms with Crippen LogP contribution in [0.25, 0.3) is 0 Å². The number of nitrogens with one attached hydrogen (secondary N) is 1. The molecule has 29 heavy (non-hydrogen) atoms. The van der Waals surface area contributed by atoms with Crippen molar-refractivity contribution in [2.75, 3.05) is 16.8 Å². The fraction of sp³-hybridized carbons (Fsp3) is 0.167. The number of halogens is 3. The van der Waals surface area contributed by atoms with Crippen LogP contribution in [0.4, 0.5) is 15.8 Å². The average Bonchev–Trinajstić information content (AvgIpc) is 3.19. The molecule has 0 spiro atoms. The molecule has 0 radical (unpaired) electrons. The highest BCUT2D eigenvalue weighted by atomic mass is 35.5. The van der Waals surface area contributed by atoms with Gasteiger partial charge in [-0.1, -0.05) is 34.5 Å². The maximum Gasteiger partial charge on any atom is 0.263 e. The highest BCUT2D eigenvalue weighted by Crippen LogP contribution is 2.33. The summed E-state index contributed by atoms with van der Waals surface area (Å²) >= 11 is 12.1. The van der Waals surface area contributed by atoms with Gasteiger partial charge in [0.1, 0.15) is 12.4 Å². The Balaban J connectivity index is 1.50. The molecular formula is C18H12Cl2FN5O3. The van der Waals surface area contributed by atoms with Gasteiger partial charge < -0.3 is 5.32 Å². The fourth-order valence-electron chi connectivity index (χ4n) is 3.14. The summed E-state index contributed by atoms with van der Waals surface area (Å²) in [5.41, 5.74) is 0.452. The van der Waals surface area contributed by atoms with Gasteiger partial charge in [0.05, 0.1) is 21.4 Å². The molecule has 0 aromatic heterocycles. The number of imide groups is 1. The molecule has 2 aromatic carbocycles. The zero-order valence-electron chi connectivity index (χ0n) is 14.6. The summed E-state index contributed by atoms with van der Waals surface area (Å²) in [6.45, 7) is -0.345. The number of fused-ring (bicyclic) bond motifs is 1. The minimum absolute atomic E-state index is 0.221. The molecule has 0 saturated carbocycles. The van der Waals surface area contributed by atoms with Crippen molar-refractivity contribution in [2.45, 2.75) is 12.1 Å². The van der Waals surface area contributed by atoms with Crippen molar-refractivity contribution in [1.82, 2.24) is 5.01 Å². The normalized spacial score (nSPS) is 20.4. The van der Waals surface area contributed by atoms with Crippen LogP contribution < -0.4 is 10.2 Å². The van der Waals surface area contributed by atoms with Crippen molar-refractivity contribution in [1.29, 1.82) is 0 Å². The Morgan fingerprint density at radius 2 is 1.72 bits per heavy atom. The molecule has 2 aromatic rings. The maximum atomic E-state index is 13.1. The van der Waals surface area contributed by atoms with Crippen LogP contribution in [0.2, 0.25) is 10.0 Å². The SMILES string of the molecule is O=C(CN1N=N[C@@H]2C(=O)N(c3ccc(F)cc3)C(=O)[C@@H]21)Nc1c(Cl)cccc1Cl. The van der Waals surface area contributed by atoms with Crippen LogP contribution in [-0.2, 0) is 14.4 Å². The number of benzene rings is 2. The lowest BCUT2D eigenvalue weighted by Gasteiger charge is -2.20. The first-order valence-corrected chi connectivity index (χ1v) is 9.17. The number of para-hydroxylation sites is 1. The number of anilines is 2. The molecule has 2 aliphatic rings. The minimum Gasteiger partial charge on any atom is -0.322 e. The van der Waals surface area contributed by atoms with Gasteiger partial charge in [-0.25, -0.2) is 9.29 Å². The highest BCUT2D eigenvalue weighted by Gasteiger charge is 2.55. The molecule has 1 saturated heterocycles. The third kappa shape index (κ3) is 3.43. The number of carbonyl (C=O) groups is 3. The third-order valence-electron chi connectivity index (χ3n) is 4.48. The van der Waals surface area contributed by atoms with Gasteiger partial charge in [0, 0.05) is 0 Å². The standard InChI is InChI=1S/C18H12Cl2FN5O3/c19-11-2-1-3-12(20)14(11)22-13(27)8-25-16-15(23-24-25)17(28)26(18(16)29)10-6-4-9(21)5-7-10/h1-7,15-16H,8H2,(H,22,27)/t15-,16+/m0/s1. The van der Waals surface area contributed by atoms with Gasteiger partial charge in [-0.2, -0.15) is 5.11 Å². The second-order valence-electron chi connectivity index (χ2n) is 6.33. The number of rotatable bonds is 4. The number of hydrogen-bond donors (Lipinski definition) is 1. The average molecular weight is 436 g/mol. The maximum absolute atomic E-state index is 13.1. The van der Waals surface area contributed by atoms with E-state index in [2.05, 4.69) is 15.7 Å². The first-order valence-electron chi connectivity index (χ1n) is 8.41. The molecule has 0 bridgehead atoms. The molecule has 1 fully saturated rings. The fourth-order valence-corrected chi connectivity index (χ4v) is 3.63. The first-order chi connectivity index (χ1) is 13.9. The van der Waals surface area contributed by atoms with Crippen molar-refractivity contribution >= 4 is 52.3 Å². The van der Waals surface area contributed by atoms with Crippen LogP contribution in [0.15, 0.2) is 52.8 Å². The van der Waals surface area contributed by atoms with E-state index in [4.69, 9.17) is 23.2 Å². The summed E-state index contributed by atoms with van der Waals surface area (Å²) in [6.07, 6.45) is 0. The van der Waals surface area contributed by atoms with Gasteiger partial charge in [-0.3, -0.25) is 19.4 Å². The smallest absolute Gasteiger partial charge is 0.263 e. The van der Waals surface area contributed by atoms with Crippen LogP contribution in [-0.4, -0.2) is 41.4 Å². The van der Waals surface area contributed by atoms with Gasteiger partial charge in [0.25, 0.3) is 11.8 Å². The first kappa shape index (κ1) is 19.3. The molecule has 3 amide bonds. The molecule has 2 atom stereocenters. The summed E-state index contributed by atoms with van der Waals surface area (Å²) < 4.78 is 13.1. The zero-order chi connectivity index (χ0) is 20.7. The van der Waals surface area contributed by atoms with Gasteiger partial charge in [0.2, 0.25) is 5.91 Å². The molecule has 1 N–H and O–H groups in total. The van der Waals surface area contributed by atoms with Crippen LogP contribution >= 0.6 is 23.2 Å². The Hall–Kier alpha value is -3.04. The lowest BCUT2D eigenvalue weighted by molar-refractivity contribution is -0.123. The molecule has 2 aliphatic heterocycles. The van der Waals surface area contributed by atoms with E-state index in [1.807, 2.05) is 0 Å². The molecule has 2 heterocycles. The molecular weight excluding hydrogens is 424 g/mol. The van der Waals surface area contributed by atoms with Crippen molar-refractivity contribution in [3.05, 3.63) is 58.3 Å². The Bertz CT molecular complexity index is 1030. The van der Waals surface area contributed by atoms with Crippen molar-refractivity contribution in [2.24, 2.45) is 10.3 Å². The topological polar surface area (TPSA) is 94.4 Å². The molecule has 0 unspecified atom stereocenters. The quantitative estimate of drug-likeness (QED) is 0.746. The van der Waals surface area contributed by atoms with Gasteiger partial charge in [-0.05, 0) is 36.4 Å². The number of nitrogens with zero attached hydrogens (tertiary/aromatic N) is 4. The Morgan fingerprint density at radius 3 is 2.38 bits per heavy atom. The molecule has 11 heteroatoms. The molecule has 0 aliphatic carbocycles. The Morgan fingerprint density at radius 1 is 1.07 bits per heavy atom. The second-order valence-corrected chi connectivity index (χ2v) is 7.14. The monoisotopic (exact) mass is 435 g/mol. The van der Waals surface area contributed by atoms with Crippen LogP contribution in [0, 0.1) is 5.82 Å². The van der Waals surface area contributed by atoms with E-state index in [9.17, 15) is 18.8 Å². The Kier molecular flexibility index (Phi) is 4.93. The number of hydrogen-bond acceptors (Lipinski definition) is 6. The van der Waals surface area contributed by atoms with Crippen molar-refractivity contribution in [3.8, 4) is 0 Å². The van der Waals surface area contributed by atoms with Crippen molar-refractivity contribution < 1.29 is 18.8 Å². The lowest BCUT2D eigenvalue weighted by Crippen LogP contribution is -2.43. The van der Waals surface area contributed by atoms with Gasteiger partial charge in [0.15, 0.2) is 12.1 Å². The molecule has 4 rings (SSSR count). The lowest BCUT2D eigenvalue weighted by atomic mass is 10.1. The van der Waals surface area contributed by atoms with E-state index in [1.165, 1.54) is 12.1 Å². The van der Waals surface area contributed by atoms with E-state index in [0.29, 0.717) is 0 Å². The largest absolute Gasteiger partial charge is 0.322 e. The summed E-state index contributed by atoms with van der Waals surface area (Å²) in [6, 6.07) is 7.56. The van der Waals surface area contributed by atoms with E-state index >= 15 is 0 Å². The number of carbonyl (C=O) groups excluding carboxylic acids is 3. The highest BCUT2D eigenvalue weighted by molar-refractivity contribution is 6.39. The minimum atomic E-state index is -1.07. The van der Waals surface area contributed by atoms with Gasteiger partial charge in [-0.15, -0.1) is 0 Å². The van der Waals surface area contributed by atoms with Crippen LogP contribution in [0.1, 0.15) is 0 Å². The van der Waals surface area contributed by atoms with E-state index < -0.39 is 35.6 Å². The third-order valence-corrected chi connectivity index (χ3v) is 5.11. The molecule has 148 valence electrons. The summed E-state index contributed by atoms with van der Waals surface area (Å²) in [5, 5.41) is 11.8. The van der Waals surface area contributed by atoms with Crippen LogP contribution in [0.3, 0.4) is 0 Å². The second kappa shape index (κ2) is 7.41. The predicted molar refractivity (Wildman–Crippen MR) is 103 cm³/mol. The summed E-state index contributed by atoms with van der Waals surface area (Å²) in [5.74, 6) is -2.23. The van der Waals surface area contributed by atoms with E-state index in [-0.39, 0.29) is 28.0 Å². The zero-order valence-corrected chi connectivity index (χ0v) is 16.1. The van der Waals surface area contributed by atoms with Crippen molar-refractivity contribution in [3.63, 3.8) is 0 Å². The summed E-state index contributed by atoms with van der Waals surface area (Å²) in [7, 11) is 0. The Labute approximate surface area is 173 Å². The van der Waals surface area contributed by atoms with E-state index in [0.717, 1.165) is 22.0 Å². The number of amides is 3. The van der Waals surface area contributed by atoms with E-state index in [1.54, 1.807) is 18.2 Å². The van der Waals surface area contributed by atoms with Crippen LogP contribution in [0.5, 0.6) is 0 Å².